The average molecular weight is 289 g/mol. The van der Waals surface area contributed by atoms with Crippen LogP contribution in [-0.4, -0.2) is 5.16 Å². The second-order valence-electron chi connectivity index (χ2n) is 4.36. The number of anilines is 1. The fourth-order valence-electron chi connectivity index (χ4n) is 2.24. The molecule has 0 atom stereocenters. The number of nitrogen functional groups attached to an aromatic ring is 1. The summed E-state index contributed by atoms with van der Waals surface area (Å²) in [6, 6.07) is 9.32. The molecule has 1 aromatic carbocycles. The highest BCUT2D eigenvalue weighted by atomic mass is 35.5. The number of nitrogens with zero attached hydrogens (tertiary/aromatic N) is 1. The van der Waals surface area contributed by atoms with Crippen molar-refractivity contribution >= 4 is 17.5 Å². The van der Waals surface area contributed by atoms with E-state index < -0.39 is 0 Å². The Morgan fingerprint density at radius 3 is 2.75 bits per heavy atom. The zero-order valence-corrected chi connectivity index (χ0v) is 11.6. The van der Waals surface area contributed by atoms with Crippen LogP contribution in [0.5, 0.6) is 0 Å². The van der Waals surface area contributed by atoms with Crippen molar-refractivity contribution in [3.63, 3.8) is 0 Å². The van der Waals surface area contributed by atoms with Crippen LogP contribution in [-0.2, 0) is 6.42 Å². The molecule has 0 fully saturated rings. The molecule has 0 aliphatic rings. The Morgan fingerprint density at radius 1 is 1.20 bits per heavy atom. The van der Waals surface area contributed by atoms with Crippen molar-refractivity contribution in [2.24, 2.45) is 0 Å². The maximum absolute atomic E-state index is 6.25. The number of aryl methyl sites for hydroxylation is 1. The van der Waals surface area contributed by atoms with Gasteiger partial charge in [-0.15, -0.1) is 0 Å². The Hall–Kier alpha value is -2.20. The van der Waals surface area contributed by atoms with Gasteiger partial charge in [0.05, 0.1) is 11.8 Å². The molecule has 0 saturated heterocycles. The van der Waals surface area contributed by atoms with Crippen molar-refractivity contribution in [1.82, 2.24) is 5.16 Å². The molecule has 0 unspecified atom stereocenters. The third-order valence-electron chi connectivity index (χ3n) is 3.18. The molecule has 0 aliphatic heterocycles. The Bertz CT molecular complexity index is 746. The van der Waals surface area contributed by atoms with Crippen LogP contribution in [0, 0.1) is 0 Å². The van der Waals surface area contributed by atoms with Gasteiger partial charge in [0.2, 0.25) is 5.88 Å². The first-order valence-electron chi connectivity index (χ1n) is 6.29. The number of hydrogen-bond acceptors (Lipinski definition) is 4. The molecule has 20 heavy (non-hydrogen) atoms. The van der Waals surface area contributed by atoms with Gasteiger partial charge in [0.1, 0.15) is 11.5 Å². The Labute approximate surface area is 121 Å². The number of rotatable bonds is 3. The van der Waals surface area contributed by atoms with Crippen LogP contribution in [0.15, 0.2) is 45.5 Å². The van der Waals surface area contributed by atoms with Crippen LogP contribution >= 0.6 is 11.6 Å². The molecular formula is C15H13ClN2O2. The minimum Gasteiger partial charge on any atom is -0.469 e. The van der Waals surface area contributed by atoms with E-state index in [1.54, 1.807) is 6.26 Å². The first-order valence-corrected chi connectivity index (χ1v) is 6.67. The van der Waals surface area contributed by atoms with Crippen molar-refractivity contribution in [3.8, 4) is 22.4 Å². The lowest BCUT2D eigenvalue weighted by molar-refractivity contribution is 0.439. The molecule has 0 spiro atoms. The molecule has 2 heterocycles. The monoisotopic (exact) mass is 288 g/mol. The lowest BCUT2D eigenvalue weighted by Crippen LogP contribution is -1.89. The predicted octanol–water partition coefficient (Wildman–Crippen LogP) is 4.40. The second kappa shape index (κ2) is 5.06. The third kappa shape index (κ3) is 1.98. The Kier molecular flexibility index (Phi) is 3.24. The third-order valence-corrected chi connectivity index (χ3v) is 3.51. The van der Waals surface area contributed by atoms with E-state index in [4.69, 9.17) is 26.3 Å². The summed E-state index contributed by atoms with van der Waals surface area (Å²) in [5, 5.41) is 4.67. The van der Waals surface area contributed by atoms with Gasteiger partial charge >= 0.3 is 0 Å². The summed E-state index contributed by atoms with van der Waals surface area (Å²) in [5.41, 5.74) is 8.95. The van der Waals surface area contributed by atoms with Crippen LogP contribution < -0.4 is 5.73 Å². The molecule has 0 saturated carbocycles. The predicted molar refractivity (Wildman–Crippen MR) is 78.4 cm³/mol. The number of nitrogens with two attached hydrogens (primary N) is 1. The largest absolute Gasteiger partial charge is 0.469 e. The molecule has 2 N–H and O–H groups in total. The zero-order chi connectivity index (χ0) is 14.1. The van der Waals surface area contributed by atoms with Crippen molar-refractivity contribution < 1.29 is 8.94 Å². The van der Waals surface area contributed by atoms with Crippen LogP contribution in [0.3, 0.4) is 0 Å². The normalized spacial score (nSPS) is 10.9. The van der Waals surface area contributed by atoms with E-state index in [0.29, 0.717) is 16.3 Å². The zero-order valence-electron chi connectivity index (χ0n) is 10.9. The van der Waals surface area contributed by atoms with Gasteiger partial charge in [0, 0.05) is 22.6 Å². The molecule has 0 bridgehead atoms. The van der Waals surface area contributed by atoms with Gasteiger partial charge in [-0.05, 0) is 12.1 Å². The van der Waals surface area contributed by atoms with Crippen molar-refractivity contribution in [2.75, 3.05) is 5.73 Å². The SMILES string of the molecule is CCc1occc1-c1noc(N)c1-c1ccccc1Cl. The molecular weight excluding hydrogens is 276 g/mol. The maximum Gasteiger partial charge on any atom is 0.230 e. The molecule has 0 amide bonds. The quantitative estimate of drug-likeness (QED) is 0.776. The first-order chi connectivity index (χ1) is 9.72. The summed E-state index contributed by atoms with van der Waals surface area (Å²) in [4.78, 5) is 0. The fraction of sp³-hybridized carbons (Fsp3) is 0.133. The number of aromatic nitrogens is 1. The van der Waals surface area contributed by atoms with E-state index in [1.165, 1.54) is 0 Å². The average Bonchev–Trinajstić information content (AvgIpc) is 3.05. The van der Waals surface area contributed by atoms with Gasteiger partial charge in [-0.2, -0.15) is 0 Å². The highest BCUT2D eigenvalue weighted by Gasteiger charge is 2.22. The van der Waals surface area contributed by atoms with Crippen LogP contribution in [0.1, 0.15) is 12.7 Å². The summed E-state index contributed by atoms with van der Waals surface area (Å²) in [5.74, 6) is 1.09. The van der Waals surface area contributed by atoms with E-state index in [1.807, 2.05) is 37.3 Å². The fourth-order valence-corrected chi connectivity index (χ4v) is 2.47. The van der Waals surface area contributed by atoms with Crippen LogP contribution in [0.2, 0.25) is 5.02 Å². The van der Waals surface area contributed by atoms with Crippen molar-refractivity contribution in [2.45, 2.75) is 13.3 Å². The topological polar surface area (TPSA) is 65.2 Å². The van der Waals surface area contributed by atoms with Gasteiger partial charge in [-0.3, -0.25) is 0 Å². The maximum atomic E-state index is 6.25. The first kappa shape index (κ1) is 12.8. The lowest BCUT2D eigenvalue weighted by atomic mass is 10.0. The molecule has 0 radical (unpaired) electrons. The number of halogens is 1. The minimum absolute atomic E-state index is 0.247. The van der Waals surface area contributed by atoms with Gasteiger partial charge in [-0.1, -0.05) is 41.9 Å². The highest BCUT2D eigenvalue weighted by molar-refractivity contribution is 6.33. The van der Waals surface area contributed by atoms with E-state index in [2.05, 4.69) is 5.16 Å². The van der Waals surface area contributed by atoms with Crippen molar-refractivity contribution in [3.05, 3.63) is 47.4 Å². The summed E-state index contributed by atoms with van der Waals surface area (Å²) in [6.07, 6.45) is 2.40. The van der Waals surface area contributed by atoms with E-state index in [0.717, 1.165) is 23.3 Å². The highest BCUT2D eigenvalue weighted by Crippen LogP contribution is 2.40. The number of benzene rings is 1. The van der Waals surface area contributed by atoms with E-state index >= 15 is 0 Å². The molecule has 4 nitrogen and oxygen atoms in total. The standard InChI is InChI=1S/C15H13ClN2O2/c1-2-12-10(7-8-19-12)14-13(15(17)20-18-14)9-5-3-4-6-11(9)16/h3-8H,2,17H2,1H3. The Morgan fingerprint density at radius 2 is 2.00 bits per heavy atom. The molecule has 3 rings (SSSR count). The second-order valence-corrected chi connectivity index (χ2v) is 4.77. The number of hydrogen-bond donors (Lipinski definition) is 1. The van der Waals surface area contributed by atoms with E-state index in [-0.39, 0.29) is 5.88 Å². The van der Waals surface area contributed by atoms with Gasteiger partial charge in [0.25, 0.3) is 0 Å². The summed E-state index contributed by atoms with van der Waals surface area (Å²) in [6.45, 7) is 2.01. The molecule has 5 heteroatoms. The van der Waals surface area contributed by atoms with Crippen molar-refractivity contribution in [1.29, 1.82) is 0 Å². The van der Waals surface area contributed by atoms with Gasteiger partial charge in [0.15, 0.2) is 0 Å². The van der Waals surface area contributed by atoms with Gasteiger partial charge in [-0.25, -0.2) is 0 Å². The summed E-state index contributed by atoms with van der Waals surface area (Å²) in [7, 11) is 0. The molecule has 102 valence electrons. The summed E-state index contributed by atoms with van der Waals surface area (Å²) < 4.78 is 10.6. The molecule has 2 aromatic heterocycles. The minimum atomic E-state index is 0.247. The van der Waals surface area contributed by atoms with E-state index in [9.17, 15) is 0 Å². The summed E-state index contributed by atoms with van der Waals surface area (Å²) >= 11 is 6.25. The van der Waals surface area contributed by atoms with Gasteiger partial charge < -0.3 is 14.7 Å². The smallest absolute Gasteiger partial charge is 0.230 e. The Balaban J connectivity index is 2.23. The van der Waals surface area contributed by atoms with Crippen LogP contribution in [0.4, 0.5) is 5.88 Å². The lowest BCUT2D eigenvalue weighted by Gasteiger charge is -2.04. The molecule has 0 aliphatic carbocycles. The van der Waals surface area contributed by atoms with Crippen LogP contribution in [0.25, 0.3) is 22.4 Å². The molecule has 3 aromatic rings. The number of furan rings is 1.